The third kappa shape index (κ3) is 3.94. The first-order chi connectivity index (χ1) is 9.72. The Balaban J connectivity index is 2.05. The Kier molecular flexibility index (Phi) is 5.81. The van der Waals surface area contributed by atoms with Crippen LogP contribution in [0.5, 0.6) is 0 Å². The highest BCUT2D eigenvalue weighted by Crippen LogP contribution is 2.28. The number of hydrogen-bond acceptors (Lipinski definition) is 2. The molecular formula is C18H25NS. The van der Waals surface area contributed by atoms with Gasteiger partial charge in [-0.25, -0.2) is 0 Å². The van der Waals surface area contributed by atoms with Gasteiger partial charge < -0.3 is 5.32 Å². The molecule has 108 valence electrons. The zero-order chi connectivity index (χ0) is 14.4. The van der Waals surface area contributed by atoms with Crippen molar-refractivity contribution in [1.82, 2.24) is 5.32 Å². The van der Waals surface area contributed by atoms with Gasteiger partial charge in [0.15, 0.2) is 0 Å². The average molecular weight is 287 g/mol. The third-order valence-electron chi connectivity index (χ3n) is 3.82. The van der Waals surface area contributed by atoms with E-state index in [4.69, 9.17) is 0 Å². The molecule has 1 aromatic carbocycles. The largest absolute Gasteiger partial charge is 0.309 e. The van der Waals surface area contributed by atoms with Crippen molar-refractivity contribution in [2.24, 2.45) is 0 Å². The van der Waals surface area contributed by atoms with Gasteiger partial charge in [-0.05, 0) is 67.8 Å². The monoisotopic (exact) mass is 287 g/mol. The van der Waals surface area contributed by atoms with Crippen LogP contribution in [0.2, 0.25) is 0 Å². The Morgan fingerprint density at radius 3 is 2.55 bits per heavy atom. The van der Waals surface area contributed by atoms with Gasteiger partial charge in [0, 0.05) is 10.9 Å². The maximum atomic E-state index is 3.71. The fourth-order valence-electron chi connectivity index (χ4n) is 2.58. The van der Waals surface area contributed by atoms with Crippen molar-refractivity contribution in [2.45, 2.75) is 46.1 Å². The predicted octanol–water partition coefficient (Wildman–Crippen LogP) is 5.04. The van der Waals surface area contributed by atoms with Gasteiger partial charge in [0.2, 0.25) is 0 Å². The lowest BCUT2D eigenvalue weighted by Gasteiger charge is -2.19. The molecule has 1 heterocycles. The lowest BCUT2D eigenvalue weighted by Crippen LogP contribution is -2.22. The minimum atomic E-state index is 0.495. The summed E-state index contributed by atoms with van der Waals surface area (Å²) in [6.45, 7) is 7.75. The molecule has 2 aromatic rings. The van der Waals surface area contributed by atoms with Crippen LogP contribution in [0.1, 0.15) is 47.4 Å². The summed E-state index contributed by atoms with van der Waals surface area (Å²) in [5.41, 5.74) is 4.31. The van der Waals surface area contributed by atoms with Crippen LogP contribution >= 0.6 is 11.3 Å². The summed E-state index contributed by atoms with van der Waals surface area (Å²) < 4.78 is 0. The zero-order valence-electron chi connectivity index (χ0n) is 12.8. The first-order valence-electron chi connectivity index (χ1n) is 7.54. The fourth-order valence-corrected chi connectivity index (χ4v) is 3.61. The smallest absolute Gasteiger partial charge is 0.0420 e. The molecule has 1 aromatic heterocycles. The minimum Gasteiger partial charge on any atom is -0.309 e. The highest BCUT2D eigenvalue weighted by atomic mass is 32.1. The van der Waals surface area contributed by atoms with Gasteiger partial charge >= 0.3 is 0 Å². The molecule has 0 saturated carbocycles. The molecule has 0 aliphatic rings. The van der Waals surface area contributed by atoms with Gasteiger partial charge in [0.1, 0.15) is 0 Å². The van der Waals surface area contributed by atoms with Gasteiger partial charge in [-0.3, -0.25) is 0 Å². The van der Waals surface area contributed by atoms with Gasteiger partial charge in [-0.15, -0.1) is 11.3 Å². The molecule has 1 nitrogen and oxygen atoms in total. The van der Waals surface area contributed by atoms with Crippen molar-refractivity contribution in [1.29, 1.82) is 0 Å². The van der Waals surface area contributed by atoms with Crippen molar-refractivity contribution in [3.8, 4) is 0 Å². The molecule has 1 atom stereocenters. The van der Waals surface area contributed by atoms with E-state index in [0.717, 1.165) is 13.0 Å². The third-order valence-corrected chi connectivity index (χ3v) is 4.96. The zero-order valence-corrected chi connectivity index (χ0v) is 13.6. The lowest BCUT2D eigenvalue weighted by atomic mass is 9.99. The van der Waals surface area contributed by atoms with Gasteiger partial charge in [0.05, 0.1) is 0 Å². The summed E-state index contributed by atoms with van der Waals surface area (Å²) in [6.07, 6.45) is 3.50. The van der Waals surface area contributed by atoms with Crippen LogP contribution in [0.4, 0.5) is 0 Å². The molecule has 0 radical (unpaired) electrons. The van der Waals surface area contributed by atoms with E-state index in [0.29, 0.717) is 6.04 Å². The van der Waals surface area contributed by atoms with Gasteiger partial charge in [-0.1, -0.05) is 31.2 Å². The summed E-state index contributed by atoms with van der Waals surface area (Å²) in [4.78, 5) is 1.51. The quantitative estimate of drug-likeness (QED) is 0.752. The van der Waals surface area contributed by atoms with Gasteiger partial charge in [-0.2, -0.15) is 0 Å². The van der Waals surface area contributed by atoms with Crippen molar-refractivity contribution in [3.05, 3.63) is 57.3 Å². The van der Waals surface area contributed by atoms with Crippen LogP contribution in [0.25, 0.3) is 0 Å². The van der Waals surface area contributed by atoms with Crippen LogP contribution in [0, 0.1) is 13.8 Å². The van der Waals surface area contributed by atoms with Crippen molar-refractivity contribution in [2.75, 3.05) is 6.54 Å². The molecule has 1 unspecified atom stereocenters. The number of thiophene rings is 1. The summed E-state index contributed by atoms with van der Waals surface area (Å²) >= 11 is 1.88. The number of rotatable bonds is 7. The second-order valence-corrected chi connectivity index (χ2v) is 6.39. The Morgan fingerprint density at radius 2 is 1.90 bits per heavy atom. The van der Waals surface area contributed by atoms with Crippen molar-refractivity contribution < 1.29 is 0 Å². The van der Waals surface area contributed by atoms with Crippen molar-refractivity contribution >= 4 is 11.3 Å². The number of benzene rings is 1. The maximum absolute atomic E-state index is 3.71. The molecule has 20 heavy (non-hydrogen) atoms. The van der Waals surface area contributed by atoms with Crippen LogP contribution < -0.4 is 5.32 Å². The minimum absolute atomic E-state index is 0.495. The first-order valence-corrected chi connectivity index (χ1v) is 8.42. The second-order valence-electron chi connectivity index (χ2n) is 5.44. The molecule has 0 amide bonds. The highest BCUT2D eigenvalue weighted by molar-refractivity contribution is 7.10. The van der Waals surface area contributed by atoms with Crippen LogP contribution in [-0.2, 0) is 6.42 Å². The Morgan fingerprint density at radius 1 is 1.10 bits per heavy atom. The Bertz CT molecular complexity index is 530. The first kappa shape index (κ1) is 15.3. The predicted molar refractivity (Wildman–Crippen MR) is 89.6 cm³/mol. The summed E-state index contributed by atoms with van der Waals surface area (Å²) in [5.74, 6) is 0. The van der Waals surface area contributed by atoms with E-state index in [1.165, 1.54) is 34.4 Å². The molecule has 0 spiro atoms. The van der Waals surface area contributed by atoms with Crippen LogP contribution in [0.15, 0.2) is 35.7 Å². The molecule has 2 heteroatoms. The molecule has 0 saturated heterocycles. The Hall–Kier alpha value is -1.12. The van der Waals surface area contributed by atoms with E-state index in [1.807, 2.05) is 11.3 Å². The maximum Gasteiger partial charge on any atom is 0.0420 e. The molecule has 2 rings (SSSR count). The SMILES string of the molecule is CCCNC(CCc1ccccc1C)c1sccc1C. The number of aryl methyl sites for hydroxylation is 3. The van der Waals surface area contributed by atoms with E-state index in [-0.39, 0.29) is 0 Å². The van der Waals surface area contributed by atoms with E-state index in [9.17, 15) is 0 Å². The molecular weight excluding hydrogens is 262 g/mol. The molecule has 0 fully saturated rings. The molecule has 0 aliphatic heterocycles. The molecule has 0 bridgehead atoms. The Labute approximate surface area is 127 Å². The standard InChI is InChI=1S/C18H25NS/c1-4-12-19-17(18-15(3)11-13-20-18)10-9-16-8-6-5-7-14(16)2/h5-8,11,13,17,19H,4,9-10,12H2,1-3H3. The fraction of sp³-hybridized carbons (Fsp3) is 0.444. The topological polar surface area (TPSA) is 12.0 Å². The van der Waals surface area contributed by atoms with Gasteiger partial charge in [0.25, 0.3) is 0 Å². The van der Waals surface area contributed by atoms with E-state index < -0.39 is 0 Å². The van der Waals surface area contributed by atoms with Crippen LogP contribution in [-0.4, -0.2) is 6.54 Å². The average Bonchev–Trinajstić information content (AvgIpc) is 2.87. The lowest BCUT2D eigenvalue weighted by molar-refractivity contribution is 0.504. The molecule has 1 N–H and O–H groups in total. The molecule has 0 aliphatic carbocycles. The van der Waals surface area contributed by atoms with E-state index in [1.54, 1.807) is 0 Å². The van der Waals surface area contributed by atoms with Crippen LogP contribution in [0.3, 0.4) is 0 Å². The number of nitrogens with one attached hydrogen (secondary N) is 1. The number of hydrogen-bond donors (Lipinski definition) is 1. The van der Waals surface area contributed by atoms with E-state index in [2.05, 4.69) is 61.8 Å². The van der Waals surface area contributed by atoms with E-state index >= 15 is 0 Å². The van der Waals surface area contributed by atoms with Crippen molar-refractivity contribution in [3.63, 3.8) is 0 Å². The summed E-state index contributed by atoms with van der Waals surface area (Å²) in [6, 6.07) is 11.5. The highest BCUT2D eigenvalue weighted by Gasteiger charge is 2.14. The normalized spacial score (nSPS) is 12.6. The summed E-state index contributed by atoms with van der Waals surface area (Å²) in [7, 11) is 0. The second kappa shape index (κ2) is 7.61. The summed E-state index contributed by atoms with van der Waals surface area (Å²) in [5, 5.41) is 5.92.